The Balaban J connectivity index is 1.54. The van der Waals surface area contributed by atoms with E-state index in [1.165, 1.54) is 4.57 Å². The van der Waals surface area contributed by atoms with Crippen LogP contribution in [0.25, 0.3) is 33.7 Å². The fraction of sp³-hybridized carbons (Fsp3) is 0.182. The highest BCUT2D eigenvalue weighted by Crippen LogP contribution is 2.30. The number of rotatable bonds is 5. The molecule has 0 aliphatic carbocycles. The summed E-state index contributed by atoms with van der Waals surface area (Å²) in [5, 5.41) is 14.3. The van der Waals surface area contributed by atoms with Gasteiger partial charge in [-0.25, -0.2) is 9.78 Å². The molecule has 5 rings (SSSR count). The number of aromatic amines is 2. The van der Waals surface area contributed by atoms with Crippen LogP contribution in [0.4, 0.5) is 0 Å². The van der Waals surface area contributed by atoms with E-state index in [2.05, 4.69) is 30.6 Å². The maximum Gasteiger partial charge on any atom is 0.329 e. The van der Waals surface area contributed by atoms with Crippen molar-refractivity contribution in [3.8, 4) is 22.5 Å². The fourth-order valence-corrected chi connectivity index (χ4v) is 3.90. The molecule has 160 valence electrons. The van der Waals surface area contributed by atoms with Gasteiger partial charge in [0.05, 0.1) is 0 Å². The van der Waals surface area contributed by atoms with Crippen LogP contribution in [0.2, 0.25) is 0 Å². The molecule has 0 aliphatic heterocycles. The molecule has 10 nitrogen and oxygen atoms in total. The second-order valence-electron chi connectivity index (χ2n) is 7.44. The first-order valence-corrected chi connectivity index (χ1v) is 10.2. The normalized spacial score (nSPS) is 11.3. The molecule has 3 aromatic heterocycles. The minimum absolute atomic E-state index is 0.390. The van der Waals surface area contributed by atoms with Gasteiger partial charge in [0, 0.05) is 25.6 Å². The van der Waals surface area contributed by atoms with Crippen LogP contribution in [0.3, 0.4) is 0 Å². The molecule has 10 heteroatoms. The van der Waals surface area contributed by atoms with Crippen LogP contribution >= 0.6 is 0 Å². The molecular formula is C22H20N8O2. The second kappa shape index (κ2) is 7.73. The van der Waals surface area contributed by atoms with Gasteiger partial charge in [0.1, 0.15) is 5.82 Å². The molecular weight excluding hydrogens is 408 g/mol. The summed E-state index contributed by atoms with van der Waals surface area (Å²) < 4.78 is 3.24. The van der Waals surface area contributed by atoms with Crippen molar-refractivity contribution in [2.75, 3.05) is 0 Å². The van der Waals surface area contributed by atoms with E-state index in [4.69, 9.17) is 0 Å². The summed E-state index contributed by atoms with van der Waals surface area (Å²) in [7, 11) is 1.60. The summed E-state index contributed by atoms with van der Waals surface area (Å²) in [5.74, 6) is 1.28. The highest BCUT2D eigenvalue weighted by molar-refractivity contribution is 5.80. The van der Waals surface area contributed by atoms with Gasteiger partial charge in [-0.3, -0.25) is 14.3 Å². The maximum atomic E-state index is 12.5. The van der Waals surface area contributed by atoms with E-state index >= 15 is 0 Å². The minimum Gasteiger partial charge on any atom is -0.318 e. The van der Waals surface area contributed by atoms with Gasteiger partial charge in [-0.05, 0) is 21.9 Å². The molecule has 2 aromatic carbocycles. The minimum atomic E-state index is -0.473. The van der Waals surface area contributed by atoms with Crippen molar-refractivity contribution in [1.82, 2.24) is 39.7 Å². The Hall–Kier alpha value is -4.34. The van der Waals surface area contributed by atoms with E-state index in [0.717, 1.165) is 28.1 Å². The third-order valence-corrected chi connectivity index (χ3v) is 5.52. The van der Waals surface area contributed by atoms with E-state index in [1.54, 1.807) is 7.05 Å². The third-order valence-electron chi connectivity index (χ3n) is 5.52. The van der Waals surface area contributed by atoms with Crippen molar-refractivity contribution in [3.63, 3.8) is 0 Å². The molecule has 0 spiro atoms. The molecule has 0 atom stereocenters. The van der Waals surface area contributed by atoms with Gasteiger partial charge in [-0.2, -0.15) is 5.21 Å². The predicted octanol–water partition coefficient (Wildman–Crippen LogP) is 1.88. The smallest absolute Gasteiger partial charge is 0.318 e. The quantitative estimate of drug-likeness (QED) is 0.440. The Bertz CT molecular complexity index is 1530. The zero-order valence-electron chi connectivity index (χ0n) is 17.5. The average Bonchev–Trinajstić information content (AvgIpc) is 3.47. The first kappa shape index (κ1) is 19.6. The monoisotopic (exact) mass is 428 g/mol. The number of imidazole rings is 1. The number of aromatic nitrogens is 8. The Kier molecular flexibility index (Phi) is 4.74. The largest absolute Gasteiger partial charge is 0.329 e. The Labute approximate surface area is 181 Å². The number of hydrogen-bond acceptors (Lipinski definition) is 6. The number of benzene rings is 2. The Morgan fingerprint density at radius 1 is 1.00 bits per heavy atom. The van der Waals surface area contributed by atoms with Crippen LogP contribution in [0.5, 0.6) is 0 Å². The van der Waals surface area contributed by atoms with Gasteiger partial charge < -0.3 is 4.57 Å². The number of tetrazole rings is 1. The van der Waals surface area contributed by atoms with E-state index in [9.17, 15) is 9.59 Å². The molecule has 0 amide bonds. The highest BCUT2D eigenvalue weighted by atomic mass is 16.2. The van der Waals surface area contributed by atoms with E-state index in [1.807, 2.05) is 60.0 Å². The summed E-state index contributed by atoms with van der Waals surface area (Å²) in [5.41, 5.74) is 3.79. The summed E-state index contributed by atoms with van der Waals surface area (Å²) >= 11 is 0. The first-order chi connectivity index (χ1) is 15.6. The Morgan fingerprint density at radius 2 is 1.75 bits per heavy atom. The van der Waals surface area contributed by atoms with Crippen LogP contribution < -0.4 is 11.2 Å². The van der Waals surface area contributed by atoms with Gasteiger partial charge in [0.25, 0.3) is 5.56 Å². The Morgan fingerprint density at radius 3 is 2.44 bits per heavy atom. The molecule has 0 fully saturated rings. The molecule has 0 aliphatic rings. The number of hydrogen-bond donors (Lipinski definition) is 2. The summed E-state index contributed by atoms with van der Waals surface area (Å²) in [6.45, 7) is 2.44. The molecule has 3 heterocycles. The van der Waals surface area contributed by atoms with Crippen LogP contribution in [-0.4, -0.2) is 39.7 Å². The van der Waals surface area contributed by atoms with Crippen LogP contribution in [0.1, 0.15) is 18.3 Å². The lowest BCUT2D eigenvalue weighted by atomic mass is 9.98. The van der Waals surface area contributed by atoms with Gasteiger partial charge in [-0.15, -0.1) is 10.2 Å². The third kappa shape index (κ3) is 3.22. The summed E-state index contributed by atoms with van der Waals surface area (Å²) in [6.07, 6.45) is 0.637. The van der Waals surface area contributed by atoms with Gasteiger partial charge in [0.15, 0.2) is 11.2 Å². The number of fused-ring (bicyclic) bond motifs is 1. The zero-order valence-corrected chi connectivity index (χ0v) is 17.5. The van der Waals surface area contributed by atoms with E-state index in [0.29, 0.717) is 30.0 Å². The number of nitrogens with zero attached hydrogens (tertiary/aromatic N) is 6. The lowest BCUT2D eigenvalue weighted by molar-refractivity contribution is 0.750. The maximum absolute atomic E-state index is 12.5. The fourth-order valence-electron chi connectivity index (χ4n) is 3.90. The molecule has 2 N–H and O–H groups in total. The second-order valence-corrected chi connectivity index (χ2v) is 7.44. The van der Waals surface area contributed by atoms with Crippen molar-refractivity contribution in [2.45, 2.75) is 19.9 Å². The topological polar surface area (TPSA) is 127 Å². The van der Waals surface area contributed by atoms with Crippen molar-refractivity contribution >= 4 is 11.2 Å². The van der Waals surface area contributed by atoms with Crippen molar-refractivity contribution in [1.29, 1.82) is 0 Å². The lowest BCUT2D eigenvalue weighted by Gasteiger charge is -2.10. The first-order valence-electron chi connectivity index (χ1n) is 10.2. The average molecular weight is 428 g/mol. The lowest BCUT2D eigenvalue weighted by Crippen LogP contribution is -2.29. The molecule has 5 aromatic rings. The van der Waals surface area contributed by atoms with Crippen molar-refractivity contribution in [3.05, 3.63) is 80.8 Å². The molecule has 0 radical (unpaired) electrons. The van der Waals surface area contributed by atoms with Crippen molar-refractivity contribution < 1.29 is 0 Å². The molecule has 0 saturated heterocycles. The molecule has 0 bridgehead atoms. The highest BCUT2D eigenvalue weighted by Gasteiger charge is 2.17. The van der Waals surface area contributed by atoms with Crippen LogP contribution in [0.15, 0.2) is 58.1 Å². The summed E-state index contributed by atoms with van der Waals surface area (Å²) in [6, 6.07) is 16.0. The molecule has 0 unspecified atom stereocenters. The predicted molar refractivity (Wildman–Crippen MR) is 119 cm³/mol. The van der Waals surface area contributed by atoms with Crippen LogP contribution in [-0.2, 0) is 20.0 Å². The summed E-state index contributed by atoms with van der Waals surface area (Å²) in [4.78, 5) is 31.4. The van der Waals surface area contributed by atoms with Gasteiger partial charge in [0.2, 0.25) is 5.82 Å². The van der Waals surface area contributed by atoms with E-state index in [-0.39, 0.29) is 0 Å². The molecule has 32 heavy (non-hydrogen) atoms. The van der Waals surface area contributed by atoms with Gasteiger partial charge >= 0.3 is 5.69 Å². The van der Waals surface area contributed by atoms with E-state index < -0.39 is 11.2 Å². The SMILES string of the molecule is CCc1nc2c(c(=O)[nH]c(=O)n2C)n1Cc1ccc(-c2ccccc2-c2nn[nH]n2)cc1. The number of aryl methyl sites for hydroxylation is 2. The standard InChI is InChI=1S/C22H20N8O2/c1-3-17-23-20-18(21(31)24-22(32)29(20)2)30(17)12-13-8-10-14(11-9-13)15-6-4-5-7-16(15)19-25-27-28-26-19/h4-11H,3,12H2,1-2H3,(H,24,31,32)(H,25,26,27,28). The number of H-pyrrole nitrogens is 2. The zero-order chi connectivity index (χ0) is 22.2. The number of nitrogens with one attached hydrogen (secondary N) is 2. The molecule has 0 saturated carbocycles. The van der Waals surface area contributed by atoms with Crippen LogP contribution in [0, 0.1) is 0 Å². The van der Waals surface area contributed by atoms with Crippen molar-refractivity contribution in [2.24, 2.45) is 7.05 Å². The van der Waals surface area contributed by atoms with Gasteiger partial charge in [-0.1, -0.05) is 55.5 Å².